The molecule has 0 saturated carbocycles. The summed E-state index contributed by atoms with van der Waals surface area (Å²) in [6.07, 6.45) is 5.44. The largest absolute Gasteiger partial charge is 0.330 e. The maximum atomic E-state index is 5.90. The summed E-state index contributed by atoms with van der Waals surface area (Å²) in [6, 6.07) is 4.00. The van der Waals surface area contributed by atoms with E-state index in [-0.39, 0.29) is 18.4 Å². The molecule has 1 atom stereocenters. The van der Waals surface area contributed by atoms with Crippen molar-refractivity contribution >= 4 is 12.4 Å². The Morgan fingerprint density at radius 1 is 1.31 bits per heavy atom. The second-order valence-corrected chi connectivity index (χ2v) is 2.82. The van der Waals surface area contributed by atoms with Crippen LogP contribution in [0, 0.1) is 0 Å². The lowest BCUT2D eigenvalue weighted by atomic mass is 10.0. The molecule has 0 amide bonds. The number of hydrogen-bond acceptors (Lipinski definition) is 3. The Labute approximate surface area is 84.9 Å². The van der Waals surface area contributed by atoms with E-state index in [9.17, 15) is 0 Å². The van der Waals surface area contributed by atoms with Gasteiger partial charge in [0.25, 0.3) is 0 Å². The van der Waals surface area contributed by atoms with Gasteiger partial charge in [0.2, 0.25) is 0 Å². The average molecular weight is 202 g/mol. The topological polar surface area (TPSA) is 64.9 Å². The van der Waals surface area contributed by atoms with Crippen LogP contribution < -0.4 is 11.5 Å². The summed E-state index contributed by atoms with van der Waals surface area (Å²) in [6.45, 7) is 0.707. The lowest BCUT2D eigenvalue weighted by molar-refractivity contribution is 0.617. The van der Waals surface area contributed by atoms with E-state index >= 15 is 0 Å². The van der Waals surface area contributed by atoms with E-state index in [0.717, 1.165) is 18.4 Å². The van der Waals surface area contributed by atoms with Gasteiger partial charge in [-0.1, -0.05) is 0 Å². The third kappa shape index (κ3) is 4.22. The molecular formula is C9H16ClN3. The standard InChI is InChI=1S/C9H15N3.ClH/c10-5-1-2-9(11)8-3-6-12-7-4-8;/h3-4,6-7,9H,1-2,5,10-11H2;1H/t9-;/m0./s1. The first-order valence-corrected chi connectivity index (χ1v) is 4.20. The van der Waals surface area contributed by atoms with Gasteiger partial charge in [0.1, 0.15) is 0 Å². The van der Waals surface area contributed by atoms with Gasteiger partial charge in [-0.15, -0.1) is 12.4 Å². The van der Waals surface area contributed by atoms with E-state index in [4.69, 9.17) is 11.5 Å². The molecule has 1 aromatic rings. The first-order chi connectivity index (χ1) is 5.84. The molecule has 3 nitrogen and oxygen atoms in total. The van der Waals surface area contributed by atoms with E-state index in [0.29, 0.717) is 6.54 Å². The SMILES string of the molecule is Cl.NCCC[C@H](N)c1ccncc1. The van der Waals surface area contributed by atoms with E-state index < -0.39 is 0 Å². The summed E-state index contributed by atoms with van der Waals surface area (Å²) in [5.74, 6) is 0. The van der Waals surface area contributed by atoms with Gasteiger partial charge in [0.15, 0.2) is 0 Å². The summed E-state index contributed by atoms with van der Waals surface area (Å²) >= 11 is 0. The zero-order valence-corrected chi connectivity index (χ0v) is 8.33. The van der Waals surface area contributed by atoms with Crippen molar-refractivity contribution in [2.75, 3.05) is 6.54 Å². The van der Waals surface area contributed by atoms with Crippen LogP contribution in [0.15, 0.2) is 24.5 Å². The van der Waals surface area contributed by atoms with Gasteiger partial charge < -0.3 is 11.5 Å². The molecule has 0 aliphatic rings. The Hall–Kier alpha value is -0.640. The third-order valence-corrected chi connectivity index (χ3v) is 1.85. The minimum absolute atomic E-state index is 0. The highest BCUT2D eigenvalue weighted by molar-refractivity contribution is 5.85. The summed E-state index contributed by atoms with van der Waals surface area (Å²) < 4.78 is 0. The van der Waals surface area contributed by atoms with Crippen molar-refractivity contribution in [3.63, 3.8) is 0 Å². The van der Waals surface area contributed by atoms with Crippen LogP contribution in [0.2, 0.25) is 0 Å². The van der Waals surface area contributed by atoms with Gasteiger partial charge in [0.05, 0.1) is 0 Å². The first kappa shape index (κ1) is 12.4. The molecule has 0 aliphatic heterocycles. The van der Waals surface area contributed by atoms with Crippen molar-refractivity contribution in [1.82, 2.24) is 4.98 Å². The normalized spacial score (nSPS) is 11.8. The Bertz CT molecular complexity index is 215. The Morgan fingerprint density at radius 2 is 1.92 bits per heavy atom. The number of nitrogens with two attached hydrogens (primary N) is 2. The second-order valence-electron chi connectivity index (χ2n) is 2.82. The molecule has 0 saturated heterocycles. The second kappa shape index (κ2) is 6.83. The van der Waals surface area contributed by atoms with Gasteiger partial charge >= 0.3 is 0 Å². The average Bonchev–Trinajstić information content (AvgIpc) is 2.15. The molecule has 13 heavy (non-hydrogen) atoms. The predicted molar refractivity (Wildman–Crippen MR) is 56.7 cm³/mol. The molecule has 0 aliphatic carbocycles. The summed E-state index contributed by atoms with van der Waals surface area (Å²) in [7, 11) is 0. The van der Waals surface area contributed by atoms with Gasteiger partial charge in [-0.3, -0.25) is 4.98 Å². The zero-order valence-electron chi connectivity index (χ0n) is 7.52. The van der Waals surface area contributed by atoms with Crippen LogP contribution in [0.3, 0.4) is 0 Å². The van der Waals surface area contributed by atoms with Crippen molar-refractivity contribution in [2.24, 2.45) is 11.5 Å². The minimum Gasteiger partial charge on any atom is -0.330 e. The van der Waals surface area contributed by atoms with Crippen molar-refractivity contribution in [1.29, 1.82) is 0 Å². The molecule has 0 fully saturated rings. The number of nitrogens with zero attached hydrogens (tertiary/aromatic N) is 1. The minimum atomic E-state index is 0. The van der Waals surface area contributed by atoms with E-state index in [2.05, 4.69) is 4.98 Å². The molecule has 0 aromatic carbocycles. The van der Waals surface area contributed by atoms with Crippen LogP contribution in [0.4, 0.5) is 0 Å². The van der Waals surface area contributed by atoms with E-state index in [1.54, 1.807) is 12.4 Å². The lowest BCUT2D eigenvalue weighted by Gasteiger charge is -2.09. The fourth-order valence-electron chi connectivity index (χ4n) is 1.12. The van der Waals surface area contributed by atoms with Crippen molar-refractivity contribution in [3.8, 4) is 0 Å². The maximum absolute atomic E-state index is 5.90. The third-order valence-electron chi connectivity index (χ3n) is 1.85. The maximum Gasteiger partial charge on any atom is 0.0296 e. The van der Waals surface area contributed by atoms with Crippen LogP contribution in [-0.2, 0) is 0 Å². The van der Waals surface area contributed by atoms with Crippen LogP contribution in [0.1, 0.15) is 24.4 Å². The Kier molecular flexibility index (Phi) is 6.49. The quantitative estimate of drug-likeness (QED) is 0.771. The summed E-state index contributed by atoms with van der Waals surface area (Å²) in [4.78, 5) is 3.93. The van der Waals surface area contributed by atoms with Crippen molar-refractivity contribution < 1.29 is 0 Å². The highest BCUT2D eigenvalue weighted by Crippen LogP contribution is 2.13. The van der Waals surface area contributed by atoms with Crippen LogP contribution >= 0.6 is 12.4 Å². The molecule has 4 N–H and O–H groups in total. The lowest BCUT2D eigenvalue weighted by Crippen LogP contribution is -2.12. The van der Waals surface area contributed by atoms with Gasteiger partial charge in [-0.05, 0) is 37.1 Å². The molecule has 1 heterocycles. The van der Waals surface area contributed by atoms with Gasteiger partial charge in [0, 0.05) is 18.4 Å². The molecule has 1 rings (SSSR count). The fourth-order valence-corrected chi connectivity index (χ4v) is 1.12. The molecule has 0 bridgehead atoms. The van der Waals surface area contributed by atoms with Crippen molar-refractivity contribution in [3.05, 3.63) is 30.1 Å². The highest BCUT2D eigenvalue weighted by Gasteiger charge is 2.03. The molecule has 1 aromatic heterocycles. The number of pyridine rings is 1. The number of rotatable bonds is 4. The Balaban J connectivity index is 0.00000144. The number of halogens is 1. The number of aromatic nitrogens is 1. The first-order valence-electron chi connectivity index (χ1n) is 4.20. The predicted octanol–water partition coefficient (Wildman–Crippen LogP) is 1.24. The molecule has 74 valence electrons. The smallest absolute Gasteiger partial charge is 0.0296 e. The molecule has 0 spiro atoms. The summed E-state index contributed by atoms with van der Waals surface area (Å²) in [5.41, 5.74) is 12.4. The van der Waals surface area contributed by atoms with Crippen molar-refractivity contribution in [2.45, 2.75) is 18.9 Å². The fraction of sp³-hybridized carbons (Fsp3) is 0.444. The Morgan fingerprint density at radius 3 is 2.46 bits per heavy atom. The highest BCUT2D eigenvalue weighted by atomic mass is 35.5. The monoisotopic (exact) mass is 201 g/mol. The molecular weight excluding hydrogens is 186 g/mol. The summed E-state index contributed by atoms with van der Waals surface area (Å²) in [5, 5.41) is 0. The van der Waals surface area contributed by atoms with Crippen LogP contribution in [0.25, 0.3) is 0 Å². The van der Waals surface area contributed by atoms with Crippen LogP contribution in [-0.4, -0.2) is 11.5 Å². The molecule has 0 radical (unpaired) electrons. The van der Waals surface area contributed by atoms with Gasteiger partial charge in [-0.2, -0.15) is 0 Å². The van der Waals surface area contributed by atoms with Gasteiger partial charge in [-0.25, -0.2) is 0 Å². The van der Waals surface area contributed by atoms with Crippen LogP contribution in [0.5, 0.6) is 0 Å². The number of hydrogen-bond donors (Lipinski definition) is 2. The molecule has 0 unspecified atom stereocenters. The molecule has 4 heteroatoms. The van der Waals surface area contributed by atoms with E-state index in [1.165, 1.54) is 0 Å². The zero-order chi connectivity index (χ0) is 8.81. The van der Waals surface area contributed by atoms with E-state index in [1.807, 2.05) is 12.1 Å².